The van der Waals surface area contributed by atoms with Crippen molar-refractivity contribution in [3.05, 3.63) is 83.0 Å². The van der Waals surface area contributed by atoms with Crippen LogP contribution in [0.25, 0.3) is 0 Å². The van der Waals surface area contributed by atoms with E-state index in [1.54, 1.807) is 7.11 Å². The van der Waals surface area contributed by atoms with Gasteiger partial charge in [-0.2, -0.15) is 0 Å². The van der Waals surface area contributed by atoms with Gasteiger partial charge in [-0.1, -0.05) is 42.4 Å². The van der Waals surface area contributed by atoms with Gasteiger partial charge in [-0.25, -0.2) is 0 Å². The topological polar surface area (TPSA) is 52.6 Å². The highest BCUT2D eigenvalue weighted by Crippen LogP contribution is 2.35. The van der Waals surface area contributed by atoms with E-state index in [2.05, 4.69) is 19.1 Å². The zero-order chi connectivity index (χ0) is 24.3. The first-order valence-corrected chi connectivity index (χ1v) is 12.3. The minimum atomic E-state index is 0.169. The molecule has 1 aliphatic carbocycles. The van der Waals surface area contributed by atoms with Gasteiger partial charge in [0, 0.05) is 30.7 Å². The molecule has 2 aromatic carbocycles. The van der Waals surface area contributed by atoms with Gasteiger partial charge in [-0.15, -0.1) is 0 Å². The molecule has 3 rings (SSSR count). The summed E-state index contributed by atoms with van der Waals surface area (Å²) >= 11 is 0. The number of hydrogen-bond donors (Lipinski definition) is 0. The minimum absolute atomic E-state index is 0.169. The van der Waals surface area contributed by atoms with Crippen LogP contribution in [0.5, 0.6) is 11.5 Å². The number of ketones is 2. The maximum absolute atomic E-state index is 12.6. The molecule has 0 fully saturated rings. The summed E-state index contributed by atoms with van der Waals surface area (Å²) in [5.74, 6) is 2.43. The maximum atomic E-state index is 12.6. The standard InChI is InChI=1S/C30H36O4/c1-4-29-23(7-6-8-30(32)25-14-19-27(33-3)20-15-25)11-12-24(29)13-16-26(31)21-22-9-17-28(18-10-22)34-5-2/h9-12,14-15,17-20,29H,4-8,13,16,21H2,1-3H3. The predicted molar refractivity (Wildman–Crippen MR) is 137 cm³/mol. The van der Waals surface area contributed by atoms with Gasteiger partial charge in [0.1, 0.15) is 17.3 Å². The molecule has 2 aromatic rings. The molecule has 0 heterocycles. The number of rotatable bonds is 14. The summed E-state index contributed by atoms with van der Waals surface area (Å²) in [5, 5.41) is 0. The largest absolute Gasteiger partial charge is 0.497 e. The Morgan fingerprint density at radius 1 is 0.824 bits per heavy atom. The first-order chi connectivity index (χ1) is 16.5. The van der Waals surface area contributed by atoms with Crippen LogP contribution < -0.4 is 9.47 Å². The van der Waals surface area contributed by atoms with Crippen LogP contribution in [0.15, 0.2) is 71.8 Å². The van der Waals surface area contributed by atoms with Crippen molar-refractivity contribution in [1.82, 2.24) is 0 Å². The fourth-order valence-electron chi connectivity index (χ4n) is 4.57. The summed E-state index contributed by atoms with van der Waals surface area (Å²) in [4.78, 5) is 25.1. The number of ether oxygens (including phenoxy) is 2. The van der Waals surface area contributed by atoms with Gasteiger partial charge in [0.15, 0.2) is 5.78 Å². The molecule has 1 unspecified atom stereocenters. The summed E-state index contributed by atoms with van der Waals surface area (Å²) in [6.07, 6.45) is 9.55. The summed E-state index contributed by atoms with van der Waals surface area (Å²) in [6, 6.07) is 15.1. The van der Waals surface area contributed by atoms with Crippen LogP contribution in [0.3, 0.4) is 0 Å². The average molecular weight is 461 g/mol. The molecule has 1 atom stereocenters. The van der Waals surface area contributed by atoms with Crippen LogP contribution in [0.1, 0.15) is 68.3 Å². The van der Waals surface area contributed by atoms with Crippen molar-refractivity contribution in [3.8, 4) is 11.5 Å². The summed E-state index contributed by atoms with van der Waals surface area (Å²) < 4.78 is 10.6. The van der Waals surface area contributed by atoms with Crippen LogP contribution >= 0.6 is 0 Å². The van der Waals surface area contributed by atoms with Crippen molar-refractivity contribution in [2.75, 3.05) is 13.7 Å². The van der Waals surface area contributed by atoms with E-state index >= 15 is 0 Å². The molecular weight excluding hydrogens is 424 g/mol. The second-order valence-corrected chi connectivity index (χ2v) is 8.74. The first kappa shape index (κ1) is 25.5. The highest BCUT2D eigenvalue weighted by atomic mass is 16.5. The molecule has 180 valence electrons. The van der Waals surface area contributed by atoms with Gasteiger partial charge in [-0.3, -0.25) is 9.59 Å². The Balaban J connectivity index is 1.41. The van der Waals surface area contributed by atoms with Crippen LogP contribution in [-0.2, 0) is 11.2 Å². The summed E-state index contributed by atoms with van der Waals surface area (Å²) in [7, 11) is 1.62. The Kier molecular flexibility index (Phi) is 9.69. The summed E-state index contributed by atoms with van der Waals surface area (Å²) in [6.45, 7) is 4.80. The average Bonchev–Trinajstić information content (AvgIpc) is 3.25. The Hall–Kier alpha value is -3.14. The third-order valence-electron chi connectivity index (χ3n) is 6.42. The normalized spacial score (nSPS) is 15.0. The second-order valence-electron chi connectivity index (χ2n) is 8.74. The molecule has 0 amide bonds. The third-order valence-corrected chi connectivity index (χ3v) is 6.42. The van der Waals surface area contributed by atoms with Gasteiger partial charge < -0.3 is 9.47 Å². The predicted octanol–water partition coefficient (Wildman–Crippen LogP) is 6.93. The van der Waals surface area contributed by atoms with Gasteiger partial charge in [0.2, 0.25) is 0 Å². The van der Waals surface area contributed by atoms with Gasteiger partial charge >= 0.3 is 0 Å². The monoisotopic (exact) mass is 460 g/mol. The lowest BCUT2D eigenvalue weighted by molar-refractivity contribution is -0.118. The highest BCUT2D eigenvalue weighted by Gasteiger charge is 2.22. The minimum Gasteiger partial charge on any atom is -0.497 e. The molecule has 0 saturated heterocycles. The van der Waals surface area contributed by atoms with E-state index in [1.807, 2.05) is 55.5 Å². The molecule has 0 aliphatic heterocycles. The molecule has 0 radical (unpaired) electrons. The van der Waals surface area contributed by atoms with E-state index in [0.29, 0.717) is 31.8 Å². The summed E-state index contributed by atoms with van der Waals surface area (Å²) in [5.41, 5.74) is 4.50. The molecular formula is C30H36O4. The smallest absolute Gasteiger partial charge is 0.162 e. The lowest BCUT2D eigenvalue weighted by Gasteiger charge is -2.18. The van der Waals surface area contributed by atoms with E-state index < -0.39 is 0 Å². The fraction of sp³-hybridized carbons (Fsp3) is 0.400. The molecule has 0 bridgehead atoms. The number of hydrogen-bond acceptors (Lipinski definition) is 4. The Labute approximate surface area is 203 Å². The molecule has 0 spiro atoms. The molecule has 0 aromatic heterocycles. The number of Topliss-reactive ketones (excluding diaryl/α,β-unsaturated/α-hetero) is 2. The zero-order valence-corrected chi connectivity index (χ0v) is 20.6. The van der Waals surface area contributed by atoms with Crippen molar-refractivity contribution >= 4 is 11.6 Å². The van der Waals surface area contributed by atoms with Crippen LogP contribution in [-0.4, -0.2) is 25.3 Å². The van der Waals surface area contributed by atoms with Gasteiger partial charge in [-0.05, 0) is 74.6 Å². The number of carbonyl (C=O) groups is 2. The van der Waals surface area contributed by atoms with Gasteiger partial charge in [0.25, 0.3) is 0 Å². The molecule has 34 heavy (non-hydrogen) atoms. The zero-order valence-electron chi connectivity index (χ0n) is 20.6. The number of methoxy groups -OCH3 is 1. The van der Waals surface area contributed by atoms with E-state index in [-0.39, 0.29) is 11.6 Å². The van der Waals surface area contributed by atoms with E-state index in [4.69, 9.17) is 9.47 Å². The SMILES string of the molecule is CCOc1ccc(CC(=O)CCC2=CC=C(CCCC(=O)c3ccc(OC)cc3)C2CC)cc1. The Bertz CT molecular complexity index is 1010. The van der Waals surface area contributed by atoms with Crippen LogP contribution in [0.2, 0.25) is 0 Å². The van der Waals surface area contributed by atoms with Gasteiger partial charge in [0.05, 0.1) is 13.7 Å². The van der Waals surface area contributed by atoms with Crippen molar-refractivity contribution in [2.45, 2.75) is 58.8 Å². The maximum Gasteiger partial charge on any atom is 0.162 e. The quantitative estimate of drug-likeness (QED) is 0.287. The molecule has 1 aliphatic rings. The number of carbonyl (C=O) groups excluding carboxylic acids is 2. The Morgan fingerprint density at radius 2 is 1.47 bits per heavy atom. The lowest BCUT2D eigenvalue weighted by atomic mass is 9.87. The molecule has 4 nitrogen and oxygen atoms in total. The second kappa shape index (κ2) is 12.9. The van der Waals surface area contributed by atoms with Crippen molar-refractivity contribution in [3.63, 3.8) is 0 Å². The first-order valence-electron chi connectivity index (χ1n) is 12.3. The number of benzene rings is 2. The Morgan fingerprint density at radius 3 is 2.09 bits per heavy atom. The molecule has 0 saturated carbocycles. The van der Waals surface area contributed by atoms with Crippen molar-refractivity contribution in [1.29, 1.82) is 0 Å². The van der Waals surface area contributed by atoms with E-state index in [1.165, 1.54) is 11.1 Å². The molecule has 4 heteroatoms. The van der Waals surface area contributed by atoms with Crippen molar-refractivity contribution < 1.29 is 19.1 Å². The van der Waals surface area contributed by atoms with Crippen LogP contribution in [0, 0.1) is 5.92 Å². The van der Waals surface area contributed by atoms with Crippen molar-refractivity contribution in [2.24, 2.45) is 5.92 Å². The van der Waals surface area contributed by atoms with E-state index in [9.17, 15) is 9.59 Å². The van der Waals surface area contributed by atoms with Crippen LogP contribution in [0.4, 0.5) is 0 Å². The lowest BCUT2D eigenvalue weighted by Crippen LogP contribution is -2.08. The fourth-order valence-corrected chi connectivity index (χ4v) is 4.57. The number of allylic oxidation sites excluding steroid dienone is 4. The molecule has 0 N–H and O–H groups in total. The van der Waals surface area contributed by atoms with E-state index in [0.717, 1.165) is 48.3 Å². The highest BCUT2D eigenvalue weighted by molar-refractivity contribution is 5.96. The third kappa shape index (κ3) is 7.18.